The monoisotopic (exact) mass is 435 g/mol. The number of aliphatic carboxylic acids is 1. The van der Waals surface area contributed by atoms with Gasteiger partial charge in [0.1, 0.15) is 12.4 Å². The summed E-state index contributed by atoms with van der Waals surface area (Å²) in [5, 5.41) is 8.98. The van der Waals surface area contributed by atoms with E-state index in [1.807, 2.05) is 6.07 Å². The Hall–Kier alpha value is -1.73. The molecule has 0 heterocycles. The van der Waals surface area contributed by atoms with Crippen LogP contribution in [0.2, 0.25) is 0 Å². The first kappa shape index (κ1) is 22.9. The number of hydrogen-bond acceptors (Lipinski definition) is 6. The predicted octanol–water partition coefficient (Wildman–Crippen LogP) is 3.54. The van der Waals surface area contributed by atoms with E-state index >= 15 is 0 Å². The standard InChI is InChI=1S/C13H16O5S.C10H17N/c1-9(8-19)13(16)18-11(12(14)15)7-17-10-5-3-2-4-6-10;11-10-4-7-1-8(5-10)3-9(2-7)6-10/h2-6,9,11,19H,7-8H2,1H3,(H,14,15);7-9H,1-6,11H2/t9-,11+;/m1./s1. The number of nitrogens with two attached hydrogens (primary N) is 1. The molecule has 0 radical (unpaired) electrons. The molecule has 6 nitrogen and oxygen atoms in total. The molecule has 7 heteroatoms. The summed E-state index contributed by atoms with van der Waals surface area (Å²) >= 11 is 3.96. The summed E-state index contributed by atoms with van der Waals surface area (Å²) in [5.41, 5.74) is 6.62. The average Bonchev–Trinajstić information content (AvgIpc) is 2.69. The smallest absolute Gasteiger partial charge is 0.348 e. The van der Waals surface area contributed by atoms with Gasteiger partial charge < -0.3 is 20.3 Å². The third-order valence-corrected chi connectivity index (χ3v) is 6.99. The minimum atomic E-state index is -1.32. The van der Waals surface area contributed by atoms with Crippen LogP contribution in [0, 0.1) is 23.7 Å². The Bertz CT molecular complexity index is 690. The topological polar surface area (TPSA) is 98.8 Å². The van der Waals surface area contributed by atoms with Crippen molar-refractivity contribution in [3.63, 3.8) is 0 Å². The summed E-state index contributed by atoms with van der Waals surface area (Å²) in [6.07, 6.45) is 7.25. The van der Waals surface area contributed by atoms with Gasteiger partial charge in [-0.1, -0.05) is 25.1 Å². The Morgan fingerprint density at radius 1 is 1.13 bits per heavy atom. The first-order chi connectivity index (χ1) is 14.3. The second-order valence-electron chi connectivity index (χ2n) is 9.25. The number of esters is 1. The molecular weight excluding hydrogens is 402 g/mol. The molecule has 0 amide bonds. The molecule has 166 valence electrons. The first-order valence-electron chi connectivity index (χ1n) is 10.8. The van der Waals surface area contributed by atoms with E-state index in [2.05, 4.69) is 12.6 Å². The number of carbonyl (C=O) groups is 2. The molecule has 0 aliphatic heterocycles. The highest BCUT2D eigenvalue weighted by atomic mass is 32.1. The maximum Gasteiger partial charge on any atom is 0.348 e. The van der Waals surface area contributed by atoms with E-state index in [1.54, 1.807) is 31.2 Å². The van der Waals surface area contributed by atoms with Crippen LogP contribution in [0.1, 0.15) is 45.4 Å². The van der Waals surface area contributed by atoms with Gasteiger partial charge in [0.15, 0.2) is 0 Å². The van der Waals surface area contributed by atoms with Crippen molar-refractivity contribution in [2.45, 2.75) is 57.1 Å². The molecule has 0 spiro atoms. The van der Waals surface area contributed by atoms with Crippen molar-refractivity contribution in [2.75, 3.05) is 12.4 Å². The molecule has 0 saturated heterocycles. The first-order valence-corrected chi connectivity index (χ1v) is 11.4. The van der Waals surface area contributed by atoms with Crippen molar-refractivity contribution >= 4 is 24.6 Å². The zero-order valence-electron chi connectivity index (χ0n) is 17.5. The van der Waals surface area contributed by atoms with Crippen LogP contribution < -0.4 is 10.5 Å². The van der Waals surface area contributed by atoms with E-state index in [-0.39, 0.29) is 6.61 Å². The van der Waals surface area contributed by atoms with Gasteiger partial charge in [-0.05, 0) is 68.4 Å². The number of carboxylic acid groups (broad SMARTS) is 1. The van der Waals surface area contributed by atoms with Gasteiger partial charge >= 0.3 is 11.9 Å². The molecular formula is C23H33NO5S. The van der Waals surface area contributed by atoms with Gasteiger partial charge in [-0.15, -0.1) is 0 Å². The van der Waals surface area contributed by atoms with Gasteiger partial charge in [0.2, 0.25) is 6.10 Å². The Balaban J connectivity index is 0.000000193. The molecule has 1 aromatic rings. The number of ether oxygens (including phenoxy) is 2. The molecule has 4 bridgehead atoms. The summed E-state index contributed by atoms with van der Waals surface area (Å²) in [7, 11) is 0. The Kier molecular flexibility index (Phi) is 7.69. The molecule has 4 aliphatic rings. The van der Waals surface area contributed by atoms with E-state index < -0.39 is 24.0 Å². The number of thiol groups is 1. The third-order valence-electron chi connectivity index (χ3n) is 6.44. The molecule has 0 aromatic heterocycles. The van der Waals surface area contributed by atoms with Crippen LogP contribution in [0.3, 0.4) is 0 Å². The lowest BCUT2D eigenvalue weighted by Crippen LogP contribution is -2.55. The van der Waals surface area contributed by atoms with Crippen molar-refractivity contribution < 1.29 is 24.2 Å². The van der Waals surface area contributed by atoms with Crippen molar-refractivity contribution in [2.24, 2.45) is 29.4 Å². The van der Waals surface area contributed by atoms with Gasteiger partial charge in [0, 0.05) is 11.3 Å². The van der Waals surface area contributed by atoms with Gasteiger partial charge in [-0.2, -0.15) is 12.6 Å². The summed E-state index contributed by atoms with van der Waals surface area (Å²) < 4.78 is 10.1. The Labute approximate surface area is 183 Å². The molecule has 3 N–H and O–H groups in total. The Morgan fingerprint density at radius 2 is 1.67 bits per heavy atom. The van der Waals surface area contributed by atoms with Crippen LogP contribution in [0.4, 0.5) is 0 Å². The maximum absolute atomic E-state index is 11.5. The molecule has 4 fully saturated rings. The fourth-order valence-corrected chi connectivity index (χ4v) is 5.50. The van der Waals surface area contributed by atoms with Crippen LogP contribution in [-0.4, -0.2) is 41.0 Å². The molecule has 4 aliphatic carbocycles. The van der Waals surface area contributed by atoms with E-state index in [1.165, 1.54) is 38.5 Å². The largest absolute Gasteiger partial charge is 0.489 e. The number of para-hydroxylation sites is 1. The zero-order chi connectivity index (χ0) is 21.7. The Morgan fingerprint density at radius 3 is 2.10 bits per heavy atom. The molecule has 2 atom stereocenters. The van der Waals surface area contributed by atoms with E-state index in [0.29, 0.717) is 17.0 Å². The average molecular weight is 436 g/mol. The number of carboxylic acids is 1. The van der Waals surface area contributed by atoms with Crippen LogP contribution in [0.25, 0.3) is 0 Å². The van der Waals surface area contributed by atoms with Crippen molar-refractivity contribution in [1.82, 2.24) is 0 Å². The van der Waals surface area contributed by atoms with Crippen LogP contribution in [-0.2, 0) is 14.3 Å². The van der Waals surface area contributed by atoms with Crippen LogP contribution in [0.15, 0.2) is 30.3 Å². The molecule has 4 saturated carbocycles. The highest BCUT2D eigenvalue weighted by molar-refractivity contribution is 7.80. The molecule has 5 rings (SSSR count). The summed E-state index contributed by atoms with van der Waals surface area (Å²) in [4.78, 5) is 22.5. The number of carbonyl (C=O) groups excluding carboxylic acids is 1. The van der Waals surface area contributed by atoms with E-state index in [0.717, 1.165) is 17.8 Å². The lowest BCUT2D eigenvalue weighted by Gasteiger charge is -2.55. The van der Waals surface area contributed by atoms with E-state index in [9.17, 15) is 9.59 Å². The minimum Gasteiger partial charge on any atom is -0.489 e. The summed E-state index contributed by atoms with van der Waals surface area (Å²) in [6, 6.07) is 8.73. The fraction of sp³-hybridized carbons (Fsp3) is 0.652. The lowest BCUT2D eigenvalue weighted by atomic mass is 9.53. The quantitative estimate of drug-likeness (QED) is 0.448. The van der Waals surface area contributed by atoms with Crippen molar-refractivity contribution in [3.05, 3.63) is 30.3 Å². The van der Waals surface area contributed by atoms with Crippen molar-refractivity contribution in [3.8, 4) is 5.75 Å². The van der Waals surface area contributed by atoms with Gasteiger partial charge in [0.25, 0.3) is 0 Å². The van der Waals surface area contributed by atoms with Gasteiger partial charge in [0.05, 0.1) is 5.92 Å². The number of rotatable bonds is 7. The third kappa shape index (κ3) is 6.14. The lowest BCUT2D eigenvalue weighted by molar-refractivity contribution is -0.168. The van der Waals surface area contributed by atoms with Crippen LogP contribution in [0.5, 0.6) is 5.75 Å². The number of benzene rings is 1. The molecule has 1 aromatic carbocycles. The zero-order valence-corrected chi connectivity index (χ0v) is 18.4. The summed E-state index contributed by atoms with van der Waals surface area (Å²) in [5.74, 6) is 1.58. The fourth-order valence-electron chi connectivity index (χ4n) is 5.35. The van der Waals surface area contributed by atoms with Crippen LogP contribution >= 0.6 is 12.6 Å². The predicted molar refractivity (Wildman–Crippen MR) is 118 cm³/mol. The SMILES string of the molecule is C[C@H](CS)C(=O)O[C@@H](COc1ccccc1)C(=O)O.NC12CC3CC(CC(C3)C1)C2. The van der Waals surface area contributed by atoms with Crippen molar-refractivity contribution in [1.29, 1.82) is 0 Å². The highest BCUT2D eigenvalue weighted by Crippen LogP contribution is 2.54. The second kappa shape index (κ2) is 10.1. The second-order valence-corrected chi connectivity index (χ2v) is 9.62. The minimum absolute atomic E-state index is 0.232. The summed E-state index contributed by atoms with van der Waals surface area (Å²) in [6.45, 7) is 1.39. The highest BCUT2D eigenvalue weighted by Gasteiger charge is 2.48. The normalized spacial score (nSPS) is 30.6. The van der Waals surface area contributed by atoms with E-state index in [4.69, 9.17) is 20.3 Å². The van der Waals surface area contributed by atoms with Gasteiger partial charge in [-0.25, -0.2) is 4.79 Å². The molecule has 0 unspecified atom stereocenters. The maximum atomic E-state index is 11.5. The molecule has 30 heavy (non-hydrogen) atoms. The number of hydrogen-bond donors (Lipinski definition) is 3. The van der Waals surface area contributed by atoms with Gasteiger partial charge in [-0.3, -0.25) is 4.79 Å².